The molecule has 0 aromatic heterocycles. The smallest absolute Gasteiger partial charge is 0.415 e. The van der Waals surface area contributed by atoms with Gasteiger partial charge in [-0.15, -0.1) is 6.42 Å². The zero-order valence-corrected chi connectivity index (χ0v) is 18.8. The van der Waals surface area contributed by atoms with Crippen molar-refractivity contribution in [2.24, 2.45) is 0 Å². The normalized spacial score (nSPS) is 20.4. The Kier molecular flexibility index (Phi) is 7.61. The summed E-state index contributed by atoms with van der Waals surface area (Å²) in [6, 6.07) is 15.2. The monoisotopic (exact) mass is 440 g/mol. The van der Waals surface area contributed by atoms with Crippen LogP contribution in [0.5, 0.6) is 5.75 Å². The van der Waals surface area contributed by atoms with Crippen molar-refractivity contribution in [2.45, 2.75) is 44.2 Å². The summed E-state index contributed by atoms with van der Waals surface area (Å²) in [5, 5.41) is 12.9. The van der Waals surface area contributed by atoms with Crippen LogP contribution in [0.4, 0.5) is 4.79 Å². The molecule has 1 fully saturated rings. The minimum Gasteiger partial charge on any atom is -0.632 e. The van der Waals surface area contributed by atoms with Gasteiger partial charge in [-0.3, -0.25) is 0 Å². The second-order valence-corrected chi connectivity index (χ2v) is 8.93. The molecule has 6 heteroatoms. The van der Waals surface area contributed by atoms with E-state index >= 15 is 0 Å². The lowest BCUT2D eigenvalue weighted by Gasteiger charge is -2.37. The van der Waals surface area contributed by atoms with Gasteiger partial charge >= 0.3 is 6.09 Å². The summed E-state index contributed by atoms with van der Waals surface area (Å²) < 4.78 is 5.00. The quantitative estimate of drug-likeness (QED) is 0.335. The maximum absolute atomic E-state index is 12.5. The molecule has 1 aliphatic rings. The van der Waals surface area contributed by atoms with Crippen LogP contribution in [0.15, 0.2) is 48.5 Å². The van der Waals surface area contributed by atoms with E-state index in [1.54, 1.807) is 43.3 Å². The number of amides is 1. The average molecular weight is 441 g/mol. The lowest BCUT2D eigenvalue weighted by molar-refractivity contribution is -0.866. The van der Waals surface area contributed by atoms with Gasteiger partial charge in [-0.2, -0.15) is 0 Å². The van der Waals surface area contributed by atoms with E-state index in [0.29, 0.717) is 23.2 Å². The zero-order valence-electron chi connectivity index (χ0n) is 18.1. The predicted octanol–water partition coefficient (Wildman–Crippen LogP) is 5.57. The van der Waals surface area contributed by atoms with Crippen molar-refractivity contribution in [1.29, 1.82) is 0 Å². The number of hydrogen-bond acceptors (Lipinski definition) is 3. The number of nitrogens with zero attached hydrogens (tertiary/aromatic N) is 2. The van der Waals surface area contributed by atoms with Gasteiger partial charge < -0.3 is 19.5 Å². The van der Waals surface area contributed by atoms with E-state index in [9.17, 15) is 10.0 Å². The summed E-state index contributed by atoms with van der Waals surface area (Å²) in [6.07, 6.45) is 8.81. The molecule has 164 valence electrons. The van der Waals surface area contributed by atoms with E-state index in [-0.39, 0.29) is 18.7 Å². The number of hydroxylamine groups is 3. The second-order valence-electron chi connectivity index (χ2n) is 8.50. The Labute approximate surface area is 189 Å². The Balaban J connectivity index is 1.51. The van der Waals surface area contributed by atoms with Gasteiger partial charge in [0, 0.05) is 23.7 Å². The number of rotatable bonds is 6. The van der Waals surface area contributed by atoms with Gasteiger partial charge in [0.05, 0.1) is 7.05 Å². The van der Waals surface area contributed by atoms with Crippen LogP contribution in [0.25, 0.3) is 0 Å². The van der Waals surface area contributed by atoms with Crippen LogP contribution >= 0.6 is 11.6 Å². The fourth-order valence-electron chi connectivity index (χ4n) is 4.15. The van der Waals surface area contributed by atoms with Gasteiger partial charge in [-0.05, 0) is 67.4 Å². The first-order chi connectivity index (χ1) is 14.8. The standard InChI is InChI=1S/C25H29ClN2O3/c1-4-17-28(3,30)18-19-5-7-20(8-6-19)21-9-13-23(14-10-21)27(2)25(29)31-24-15-11-22(26)12-16-24/h1,5-8,11-12,15-16,21,23H,9-10,13-14,17-18H2,2-3H3. The van der Waals surface area contributed by atoms with Crippen LogP contribution in [0.1, 0.15) is 42.7 Å². The molecule has 2 aromatic carbocycles. The highest BCUT2D eigenvalue weighted by molar-refractivity contribution is 6.30. The number of ether oxygens (including phenoxy) is 1. The van der Waals surface area contributed by atoms with Gasteiger partial charge in [-0.1, -0.05) is 35.9 Å². The van der Waals surface area contributed by atoms with Crippen LogP contribution < -0.4 is 4.74 Å². The highest BCUT2D eigenvalue weighted by atomic mass is 35.5. The van der Waals surface area contributed by atoms with Crippen molar-refractivity contribution in [3.8, 4) is 18.1 Å². The van der Waals surface area contributed by atoms with E-state index in [0.717, 1.165) is 31.2 Å². The minimum absolute atomic E-state index is 0.164. The highest BCUT2D eigenvalue weighted by Crippen LogP contribution is 2.35. The van der Waals surface area contributed by atoms with E-state index in [2.05, 4.69) is 18.1 Å². The Morgan fingerprint density at radius 1 is 1.16 bits per heavy atom. The van der Waals surface area contributed by atoms with Crippen LogP contribution in [0.2, 0.25) is 5.02 Å². The molecule has 5 nitrogen and oxygen atoms in total. The molecule has 1 unspecified atom stereocenters. The number of quaternary nitrogens is 1. The fraction of sp³-hybridized carbons (Fsp3) is 0.400. The number of carbonyl (C=O) groups is 1. The number of benzene rings is 2. The SMILES string of the molecule is C#CC[N+](C)([O-])Cc1ccc(C2CCC(N(C)C(=O)Oc3ccc(Cl)cc3)CC2)cc1. The molecular weight excluding hydrogens is 412 g/mol. The summed E-state index contributed by atoms with van der Waals surface area (Å²) in [4.78, 5) is 14.2. The van der Waals surface area contributed by atoms with Crippen LogP contribution in [0, 0.1) is 17.6 Å². The maximum Gasteiger partial charge on any atom is 0.415 e. The molecule has 1 saturated carbocycles. The molecule has 2 aromatic rings. The van der Waals surface area contributed by atoms with Crippen molar-refractivity contribution >= 4 is 17.7 Å². The largest absolute Gasteiger partial charge is 0.632 e. The van der Waals surface area contributed by atoms with Crippen LogP contribution in [-0.2, 0) is 6.54 Å². The Morgan fingerprint density at radius 3 is 2.35 bits per heavy atom. The lowest BCUT2D eigenvalue weighted by Crippen LogP contribution is -2.40. The molecule has 3 rings (SSSR count). The first-order valence-corrected chi connectivity index (χ1v) is 10.9. The van der Waals surface area contributed by atoms with Crippen LogP contribution in [-0.4, -0.2) is 42.3 Å². The van der Waals surface area contributed by atoms with E-state index < -0.39 is 4.65 Å². The van der Waals surface area contributed by atoms with Crippen molar-refractivity contribution in [3.63, 3.8) is 0 Å². The second kappa shape index (κ2) is 10.2. The van der Waals surface area contributed by atoms with Gasteiger partial charge in [0.15, 0.2) is 0 Å². The van der Waals surface area contributed by atoms with Crippen LogP contribution in [0.3, 0.4) is 0 Å². The first kappa shape index (κ1) is 23.1. The molecule has 0 radical (unpaired) electrons. The predicted molar refractivity (Wildman–Crippen MR) is 124 cm³/mol. The number of carbonyl (C=O) groups excluding carboxylic acids is 1. The summed E-state index contributed by atoms with van der Waals surface area (Å²) in [5.74, 6) is 3.40. The fourth-order valence-corrected chi connectivity index (χ4v) is 4.28. The Hall–Kier alpha value is -2.52. The lowest BCUT2D eigenvalue weighted by atomic mass is 9.81. The van der Waals surface area contributed by atoms with E-state index in [4.69, 9.17) is 22.8 Å². The molecule has 0 bridgehead atoms. The summed E-state index contributed by atoms with van der Waals surface area (Å²) in [7, 11) is 3.40. The summed E-state index contributed by atoms with van der Waals surface area (Å²) in [6.45, 7) is 0.539. The summed E-state index contributed by atoms with van der Waals surface area (Å²) >= 11 is 5.87. The number of hydrogen-bond donors (Lipinski definition) is 0. The van der Waals surface area contributed by atoms with Gasteiger partial charge in [0.25, 0.3) is 0 Å². The molecular formula is C25H29ClN2O3. The summed E-state index contributed by atoms with van der Waals surface area (Å²) in [5.41, 5.74) is 2.28. The molecule has 1 atom stereocenters. The topological polar surface area (TPSA) is 52.6 Å². The third-order valence-electron chi connectivity index (χ3n) is 5.95. The first-order valence-electron chi connectivity index (χ1n) is 10.6. The molecule has 0 spiro atoms. The highest BCUT2D eigenvalue weighted by Gasteiger charge is 2.28. The molecule has 31 heavy (non-hydrogen) atoms. The minimum atomic E-state index is -0.459. The number of halogens is 1. The van der Waals surface area contributed by atoms with Gasteiger partial charge in [-0.25, -0.2) is 4.79 Å². The van der Waals surface area contributed by atoms with Gasteiger partial charge in [0.1, 0.15) is 18.8 Å². The van der Waals surface area contributed by atoms with E-state index in [1.807, 2.05) is 12.1 Å². The maximum atomic E-state index is 12.5. The zero-order chi connectivity index (χ0) is 22.4. The average Bonchev–Trinajstić information content (AvgIpc) is 2.75. The Bertz CT molecular complexity index is 911. The van der Waals surface area contributed by atoms with Crippen molar-refractivity contribution in [1.82, 2.24) is 4.90 Å². The van der Waals surface area contributed by atoms with Crippen molar-refractivity contribution < 1.29 is 14.2 Å². The van der Waals surface area contributed by atoms with Crippen molar-refractivity contribution in [2.75, 3.05) is 20.6 Å². The molecule has 1 aliphatic carbocycles. The van der Waals surface area contributed by atoms with E-state index in [1.165, 1.54) is 5.56 Å². The molecule has 0 heterocycles. The molecule has 0 N–H and O–H groups in total. The van der Waals surface area contributed by atoms with Crippen molar-refractivity contribution in [3.05, 3.63) is 69.9 Å². The molecule has 1 amide bonds. The number of terminal acetylenes is 1. The van der Waals surface area contributed by atoms with Gasteiger partial charge in [0.2, 0.25) is 0 Å². The third-order valence-corrected chi connectivity index (χ3v) is 6.20. The third kappa shape index (κ3) is 6.48. The molecule has 0 saturated heterocycles. The Morgan fingerprint density at radius 2 is 1.77 bits per heavy atom. The molecule has 0 aliphatic heterocycles.